The first kappa shape index (κ1) is 13.0. The van der Waals surface area contributed by atoms with Crippen molar-refractivity contribution in [1.82, 2.24) is 0 Å². The predicted octanol–water partition coefficient (Wildman–Crippen LogP) is 3.54. The number of rotatable bonds is 4. The van der Waals surface area contributed by atoms with Crippen molar-refractivity contribution in [2.45, 2.75) is 32.7 Å². The van der Waals surface area contributed by atoms with E-state index in [0.29, 0.717) is 12.3 Å². The molecule has 0 radical (unpaired) electrons. The second kappa shape index (κ2) is 5.34. The molecule has 0 aliphatic carbocycles. The Kier molecular flexibility index (Phi) is 4.35. The molecular formula is C12H16F3N. The van der Waals surface area contributed by atoms with E-state index in [1.54, 1.807) is 0 Å². The van der Waals surface area contributed by atoms with Gasteiger partial charge >= 0.3 is 0 Å². The molecule has 2 unspecified atom stereocenters. The summed E-state index contributed by atoms with van der Waals surface area (Å²) in [4.78, 5) is 0. The minimum absolute atomic E-state index is 0.0409. The molecular weight excluding hydrogens is 215 g/mol. The van der Waals surface area contributed by atoms with Crippen LogP contribution >= 0.6 is 0 Å². The smallest absolute Gasteiger partial charge is 0.194 e. The summed E-state index contributed by atoms with van der Waals surface area (Å²) in [7, 11) is 0. The van der Waals surface area contributed by atoms with Crippen LogP contribution in [0.15, 0.2) is 12.1 Å². The van der Waals surface area contributed by atoms with Crippen molar-refractivity contribution in [3.63, 3.8) is 0 Å². The van der Waals surface area contributed by atoms with Crippen LogP contribution < -0.4 is 5.73 Å². The largest absolute Gasteiger partial charge is 0.324 e. The standard InChI is InChI=1S/C12H16F3N/c1-3-7(2)6-10(16)8-4-5-9(13)12(15)11(8)14/h4-5,7,10H,3,6,16H2,1-2H3. The van der Waals surface area contributed by atoms with Crippen LogP contribution in [0.5, 0.6) is 0 Å². The van der Waals surface area contributed by atoms with Crippen molar-refractivity contribution >= 4 is 0 Å². The zero-order chi connectivity index (χ0) is 12.3. The molecule has 90 valence electrons. The molecule has 0 fully saturated rings. The minimum Gasteiger partial charge on any atom is -0.324 e. The van der Waals surface area contributed by atoms with Crippen molar-refractivity contribution < 1.29 is 13.2 Å². The molecule has 4 heteroatoms. The second-order valence-electron chi connectivity index (χ2n) is 4.12. The lowest BCUT2D eigenvalue weighted by Crippen LogP contribution is -2.16. The molecule has 0 aliphatic heterocycles. The van der Waals surface area contributed by atoms with Gasteiger partial charge in [0.1, 0.15) is 0 Å². The van der Waals surface area contributed by atoms with E-state index in [1.165, 1.54) is 6.07 Å². The molecule has 0 spiro atoms. The molecule has 1 nitrogen and oxygen atoms in total. The quantitative estimate of drug-likeness (QED) is 0.788. The van der Waals surface area contributed by atoms with Crippen LogP contribution in [0.4, 0.5) is 13.2 Å². The first-order valence-corrected chi connectivity index (χ1v) is 5.36. The minimum atomic E-state index is -1.45. The maximum Gasteiger partial charge on any atom is 0.194 e. The van der Waals surface area contributed by atoms with Crippen molar-refractivity contribution in [3.05, 3.63) is 35.1 Å². The highest BCUT2D eigenvalue weighted by atomic mass is 19.2. The number of hydrogen-bond acceptors (Lipinski definition) is 1. The molecule has 0 saturated heterocycles. The summed E-state index contributed by atoms with van der Waals surface area (Å²) in [6.07, 6.45) is 1.47. The van der Waals surface area contributed by atoms with Gasteiger partial charge in [0.15, 0.2) is 17.5 Å². The maximum atomic E-state index is 13.4. The van der Waals surface area contributed by atoms with Gasteiger partial charge < -0.3 is 5.73 Å². The highest BCUT2D eigenvalue weighted by molar-refractivity contribution is 5.23. The third-order valence-electron chi connectivity index (χ3n) is 2.82. The van der Waals surface area contributed by atoms with Gasteiger partial charge in [0.25, 0.3) is 0 Å². The molecule has 0 heterocycles. The summed E-state index contributed by atoms with van der Waals surface area (Å²) in [5, 5.41) is 0. The van der Waals surface area contributed by atoms with Crippen LogP contribution in [0.25, 0.3) is 0 Å². The summed E-state index contributed by atoms with van der Waals surface area (Å²) < 4.78 is 39.0. The van der Waals surface area contributed by atoms with Crippen molar-refractivity contribution in [1.29, 1.82) is 0 Å². The first-order chi connectivity index (χ1) is 7.47. The SMILES string of the molecule is CCC(C)CC(N)c1ccc(F)c(F)c1F. The van der Waals surface area contributed by atoms with E-state index in [4.69, 9.17) is 5.73 Å². The molecule has 1 rings (SSSR count). The normalized spacial score (nSPS) is 14.9. The third kappa shape index (κ3) is 2.76. The van der Waals surface area contributed by atoms with Crippen molar-refractivity contribution in [2.24, 2.45) is 11.7 Å². The van der Waals surface area contributed by atoms with E-state index in [9.17, 15) is 13.2 Å². The highest BCUT2D eigenvalue weighted by Gasteiger charge is 2.19. The Morgan fingerprint density at radius 2 is 1.81 bits per heavy atom. The number of benzene rings is 1. The number of halogens is 3. The molecule has 2 atom stereocenters. The van der Waals surface area contributed by atoms with Crippen LogP contribution in [-0.4, -0.2) is 0 Å². The third-order valence-corrected chi connectivity index (χ3v) is 2.82. The zero-order valence-electron chi connectivity index (χ0n) is 9.43. The van der Waals surface area contributed by atoms with Crippen molar-refractivity contribution in [2.75, 3.05) is 0 Å². The average Bonchev–Trinajstić information content (AvgIpc) is 2.25. The highest BCUT2D eigenvalue weighted by Crippen LogP contribution is 2.25. The lowest BCUT2D eigenvalue weighted by molar-refractivity contribution is 0.415. The summed E-state index contributed by atoms with van der Waals surface area (Å²) in [6.45, 7) is 3.98. The van der Waals surface area contributed by atoms with E-state index >= 15 is 0 Å². The molecule has 0 bridgehead atoms. The molecule has 1 aromatic rings. The fourth-order valence-electron chi connectivity index (χ4n) is 1.55. The summed E-state index contributed by atoms with van der Waals surface area (Å²) in [5.74, 6) is -3.48. The van der Waals surface area contributed by atoms with Gasteiger partial charge in [-0.05, 0) is 18.4 Å². The van der Waals surface area contributed by atoms with E-state index < -0.39 is 23.5 Å². The van der Waals surface area contributed by atoms with Gasteiger partial charge in [0.05, 0.1) is 0 Å². The van der Waals surface area contributed by atoms with Gasteiger partial charge in [-0.15, -0.1) is 0 Å². The fraction of sp³-hybridized carbons (Fsp3) is 0.500. The Labute approximate surface area is 93.5 Å². The van der Waals surface area contributed by atoms with E-state index in [0.717, 1.165) is 12.5 Å². The molecule has 16 heavy (non-hydrogen) atoms. The van der Waals surface area contributed by atoms with E-state index in [1.807, 2.05) is 13.8 Å². The van der Waals surface area contributed by atoms with Crippen LogP contribution in [-0.2, 0) is 0 Å². The van der Waals surface area contributed by atoms with Gasteiger partial charge in [0, 0.05) is 11.6 Å². The zero-order valence-corrected chi connectivity index (χ0v) is 9.43. The lowest BCUT2D eigenvalue weighted by atomic mass is 9.94. The van der Waals surface area contributed by atoms with Crippen LogP contribution in [0.1, 0.15) is 38.3 Å². The monoisotopic (exact) mass is 231 g/mol. The molecule has 0 saturated carbocycles. The lowest BCUT2D eigenvalue weighted by Gasteiger charge is -2.17. The Bertz CT molecular complexity index is 366. The van der Waals surface area contributed by atoms with Gasteiger partial charge in [-0.1, -0.05) is 26.3 Å². The van der Waals surface area contributed by atoms with E-state index in [-0.39, 0.29) is 5.56 Å². The average molecular weight is 231 g/mol. The molecule has 0 aliphatic rings. The van der Waals surface area contributed by atoms with E-state index in [2.05, 4.69) is 0 Å². The Morgan fingerprint density at radius 1 is 1.19 bits per heavy atom. The summed E-state index contributed by atoms with van der Waals surface area (Å²) in [6, 6.07) is 1.52. The molecule has 1 aromatic carbocycles. The number of hydrogen-bond donors (Lipinski definition) is 1. The summed E-state index contributed by atoms with van der Waals surface area (Å²) >= 11 is 0. The number of nitrogens with two attached hydrogens (primary N) is 1. The van der Waals surface area contributed by atoms with Crippen LogP contribution in [0.2, 0.25) is 0 Å². The topological polar surface area (TPSA) is 26.0 Å². The van der Waals surface area contributed by atoms with Crippen LogP contribution in [0.3, 0.4) is 0 Å². The first-order valence-electron chi connectivity index (χ1n) is 5.36. The van der Waals surface area contributed by atoms with Gasteiger partial charge in [-0.3, -0.25) is 0 Å². The predicted molar refractivity (Wildman–Crippen MR) is 57.3 cm³/mol. The molecule has 0 amide bonds. The van der Waals surface area contributed by atoms with Gasteiger partial charge in [-0.25, -0.2) is 13.2 Å². The Hall–Kier alpha value is -1.03. The Balaban J connectivity index is 2.92. The molecule has 2 N–H and O–H groups in total. The Morgan fingerprint density at radius 3 is 2.38 bits per heavy atom. The van der Waals surface area contributed by atoms with Gasteiger partial charge in [0.2, 0.25) is 0 Å². The van der Waals surface area contributed by atoms with Gasteiger partial charge in [-0.2, -0.15) is 0 Å². The molecule has 0 aromatic heterocycles. The van der Waals surface area contributed by atoms with Crippen molar-refractivity contribution in [3.8, 4) is 0 Å². The second-order valence-corrected chi connectivity index (χ2v) is 4.12. The fourth-order valence-corrected chi connectivity index (χ4v) is 1.55. The van der Waals surface area contributed by atoms with Crippen LogP contribution in [0, 0.1) is 23.4 Å². The summed E-state index contributed by atoms with van der Waals surface area (Å²) in [5.41, 5.74) is 5.80. The maximum absolute atomic E-state index is 13.4.